The van der Waals surface area contributed by atoms with E-state index in [0.29, 0.717) is 0 Å². The molecule has 1 fully saturated rings. The van der Waals surface area contributed by atoms with Crippen molar-refractivity contribution in [1.82, 2.24) is 10.6 Å². The van der Waals surface area contributed by atoms with E-state index in [9.17, 15) is 14.4 Å². The van der Waals surface area contributed by atoms with Crippen molar-refractivity contribution in [3.63, 3.8) is 0 Å². The lowest BCUT2D eigenvalue weighted by atomic mass is 9.89. The number of imide groups is 1. The summed E-state index contributed by atoms with van der Waals surface area (Å²) in [6, 6.07) is -0.717. The number of carboxylic acid groups (broad SMARTS) is 1. The third-order valence-electron chi connectivity index (χ3n) is 3.51. The van der Waals surface area contributed by atoms with E-state index < -0.39 is 23.3 Å². The van der Waals surface area contributed by atoms with Gasteiger partial charge in [0.05, 0.1) is 17.6 Å². The third-order valence-corrected chi connectivity index (χ3v) is 3.51. The molecule has 0 aliphatic heterocycles. The summed E-state index contributed by atoms with van der Waals surface area (Å²) in [5, 5.41) is 13.8. The Kier molecular flexibility index (Phi) is 5.50. The van der Waals surface area contributed by atoms with Crippen LogP contribution in [0.1, 0.15) is 39.5 Å². The highest BCUT2D eigenvalue weighted by Gasteiger charge is 2.32. The Hall–Kier alpha value is -1.63. The molecule has 7 heteroatoms. The van der Waals surface area contributed by atoms with Crippen LogP contribution in [0, 0.1) is 5.41 Å². The van der Waals surface area contributed by atoms with E-state index in [0.717, 1.165) is 19.3 Å². The van der Waals surface area contributed by atoms with Crippen molar-refractivity contribution in [3.05, 3.63) is 0 Å². The van der Waals surface area contributed by atoms with E-state index in [2.05, 4.69) is 10.6 Å². The molecule has 0 aromatic carbocycles. The van der Waals surface area contributed by atoms with Gasteiger partial charge in [0, 0.05) is 13.5 Å². The zero-order chi connectivity index (χ0) is 15.3. The first-order valence-electron chi connectivity index (χ1n) is 6.63. The van der Waals surface area contributed by atoms with Crippen LogP contribution in [-0.2, 0) is 14.3 Å². The molecule has 7 nitrogen and oxygen atoms in total. The average molecular weight is 286 g/mol. The Morgan fingerprint density at radius 1 is 1.30 bits per heavy atom. The van der Waals surface area contributed by atoms with Crippen molar-refractivity contribution in [2.75, 3.05) is 7.11 Å². The number of carbonyl (C=O) groups is 3. The second kappa shape index (κ2) is 6.69. The molecule has 0 aromatic rings. The lowest BCUT2D eigenvalue weighted by molar-refractivity contribution is -0.149. The first kappa shape index (κ1) is 16.4. The molecule has 20 heavy (non-hydrogen) atoms. The summed E-state index contributed by atoms with van der Waals surface area (Å²) in [5.41, 5.74) is -1.20. The number of ether oxygens (including phenoxy) is 1. The second-order valence-corrected chi connectivity index (χ2v) is 5.70. The number of carbonyl (C=O) groups excluding carboxylic acids is 2. The minimum absolute atomic E-state index is 0.0358. The van der Waals surface area contributed by atoms with Crippen LogP contribution in [-0.4, -0.2) is 42.3 Å². The summed E-state index contributed by atoms with van der Waals surface area (Å²) in [4.78, 5) is 34.2. The Morgan fingerprint density at radius 3 is 2.50 bits per heavy atom. The quantitative estimate of drug-likeness (QED) is 0.696. The molecule has 2 unspecified atom stereocenters. The molecule has 0 heterocycles. The van der Waals surface area contributed by atoms with Crippen LogP contribution in [0.4, 0.5) is 4.79 Å². The Bertz CT molecular complexity index is 394. The number of rotatable bonds is 5. The second-order valence-electron chi connectivity index (χ2n) is 5.70. The summed E-state index contributed by atoms with van der Waals surface area (Å²) in [5.74, 6) is -1.69. The number of methoxy groups -OCH3 is 1. The van der Waals surface area contributed by atoms with Crippen LogP contribution >= 0.6 is 0 Å². The molecule has 0 spiro atoms. The van der Waals surface area contributed by atoms with E-state index >= 15 is 0 Å². The summed E-state index contributed by atoms with van der Waals surface area (Å²) >= 11 is 0. The summed E-state index contributed by atoms with van der Waals surface area (Å²) in [6.45, 7) is 2.87. The summed E-state index contributed by atoms with van der Waals surface area (Å²) < 4.78 is 5.24. The van der Waals surface area contributed by atoms with Gasteiger partial charge in [0.25, 0.3) is 0 Å². The molecule has 1 aliphatic rings. The van der Waals surface area contributed by atoms with Gasteiger partial charge in [0.15, 0.2) is 0 Å². The van der Waals surface area contributed by atoms with Crippen LogP contribution in [0.3, 0.4) is 0 Å². The van der Waals surface area contributed by atoms with Crippen molar-refractivity contribution in [1.29, 1.82) is 0 Å². The molecule has 0 bridgehead atoms. The molecule has 1 rings (SSSR count). The van der Waals surface area contributed by atoms with Gasteiger partial charge in [-0.05, 0) is 33.1 Å². The van der Waals surface area contributed by atoms with E-state index in [-0.39, 0.29) is 18.6 Å². The predicted octanol–water partition coefficient (Wildman–Crippen LogP) is 0.881. The SMILES string of the molecule is COC1CCCC1NC(=O)NC(=O)CC(C)(C)C(=O)O. The lowest BCUT2D eigenvalue weighted by Crippen LogP contribution is -2.48. The summed E-state index contributed by atoms with van der Waals surface area (Å²) in [6.07, 6.45) is 2.35. The average Bonchev–Trinajstić information content (AvgIpc) is 2.74. The van der Waals surface area contributed by atoms with Gasteiger partial charge in [-0.2, -0.15) is 0 Å². The maximum Gasteiger partial charge on any atom is 0.321 e. The highest BCUT2D eigenvalue weighted by molar-refractivity contribution is 5.96. The van der Waals surface area contributed by atoms with Gasteiger partial charge in [-0.1, -0.05) is 0 Å². The molecule has 0 aromatic heterocycles. The molecule has 3 amide bonds. The summed E-state index contributed by atoms with van der Waals surface area (Å²) in [7, 11) is 1.59. The van der Waals surface area contributed by atoms with E-state index in [1.807, 2.05) is 0 Å². The molecule has 2 atom stereocenters. The molecule has 3 N–H and O–H groups in total. The van der Waals surface area contributed by atoms with Gasteiger partial charge in [-0.15, -0.1) is 0 Å². The fourth-order valence-electron chi connectivity index (χ4n) is 2.23. The molecule has 0 radical (unpaired) electrons. The number of hydrogen-bond donors (Lipinski definition) is 3. The predicted molar refractivity (Wildman–Crippen MR) is 71.1 cm³/mol. The first-order valence-corrected chi connectivity index (χ1v) is 6.63. The van der Waals surface area contributed by atoms with Crippen molar-refractivity contribution >= 4 is 17.9 Å². The van der Waals surface area contributed by atoms with Crippen molar-refractivity contribution in [2.24, 2.45) is 5.41 Å². The molecular weight excluding hydrogens is 264 g/mol. The van der Waals surface area contributed by atoms with Gasteiger partial charge < -0.3 is 15.2 Å². The number of amides is 3. The van der Waals surface area contributed by atoms with Gasteiger partial charge in [-0.3, -0.25) is 14.9 Å². The molecular formula is C13H22N2O5. The van der Waals surface area contributed by atoms with Crippen LogP contribution in [0.5, 0.6) is 0 Å². The van der Waals surface area contributed by atoms with E-state index in [1.165, 1.54) is 13.8 Å². The highest BCUT2D eigenvalue weighted by atomic mass is 16.5. The van der Waals surface area contributed by atoms with Crippen molar-refractivity contribution in [2.45, 2.75) is 51.7 Å². The lowest BCUT2D eigenvalue weighted by Gasteiger charge is -2.21. The molecule has 114 valence electrons. The third kappa shape index (κ3) is 4.48. The molecule has 1 aliphatic carbocycles. The van der Waals surface area contributed by atoms with Crippen LogP contribution in [0.2, 0.25) is 0 Å². The van der Waals surface area contributed by atoms with E-state index in [1.54, 1.807) is 7.11 Å². The van der Waals surface area contributed by atoms with E-state index in [4.69, 9.17) is 9.84 Å². The molecule has 1 saturated carbocycles. The van der Waals surface area contributed by atoms with Crippen LogP contribution < -0.4 is 10.6 Å². The Labute approximate surface area is 118 Å². The Morgan fingerprint density at radius 2 is 1.95 bits per heavy atom. The van der Waals surface area contributed by atoms with Crippen LogP contribution in [0.25, 0.3) is 0 Å². The standard InChI is InChI=1S/C13H22N2O5/c1-13(2,11(17)18)7-10(16)15-12(19)14-8-5-4-6-9(8)20-3/h8-9H,4-7H2,1-3H3,(H,17,18)(H2,14,15,16,19). The highest BCUT2D eigenvalue weighted by Crippen LogP contribution is 2.22. The maximum atomic E-state index is 11.7. The maximum absolute atomic E-state index is 11.7. The van der Waals surface area contributed by atoms with Gasteiger partial charge >= 0.3 is 12.0 Å². The van der Waals surface area contributed by atoms with Crippen LogP contribution in [0.15, 0.2) is 0 Å². The van der Waals surface area contributed by atoms with Crippen molar-refractivity contribution in [3.8, 4) is 0 Å². The number of aliphatic carboxylic acids is 1. The fourth-order valence-corrected chi connectivity index (χ4v) is 2.23. The Balaban J connectivity index is 2.42. The van der Waals surface area contributed by atoms with Gasteiger partial charge in [-0.25, -0.2) is 4.79 Å². The number of nitrogens with one attached hydrogen (secondary N) is 2. The number of carboxylic acids is 1. The smallest absolute Gasteiger partial charge is 0.321 e. The normalized spacial score (nSPS) is 22.4. The zero-order valence-electron chi connectivity index (χ0n) is 12.1. The van der Waals surface area contributed by atoms with Crippen molar-refractivity contribution < 1.29 is 24.2 Å². The topological polar surface area (TPSA) is 105 Å². The van der Waals surface area contributed by atoms with Gasteiger partial charge in [0.1, 0.15) is 0 Å². The number of urea groups is 1. The zero-order valence-corrected chi connectivity index (χ0v) is 12.1. The largest absolute Gasteiger partial charge is 0.481 e. The fraction of sp³-hybridized carbons (Fsp3) is 0.769. The van der Waals surface area contributed by atoms with Gasteiger partial charge in [0.2, 0.25) is 5.91 Å². The minimum Gasteiger partial charge on any atom is -0.481 e. The number of hydrogen-bond acceptors (Lipinski definition) is 4. The monoisotopic (exact) mass is 286 g/mol. The first-order chi connectivity index (χ1) is 9.26. The minimum atomic E-state index is -1.20. The molecule has 0 saturated heterocycles.